The van der Waals surface area contributed by atoms with Gasteiger partial charge in [-0.05, 0) is 30.2 Å². The van der Waals surface area contributed by atoms with Gasteiger partial charge in [0.2, 0.25) is 0 Å². The molecule has 18 heavy (non-hydrogen) atoms. The summed E-state index contributed by atoms with van der Waals surface area (Å²) in [5, 5.41) is 9.88. The molecule has 2 aromatic carbocycles. The van der Waals surface area contributed by atoms with Crippen LogP contribution in [0.25, 0.3) is 0 Å². The lowest BCUT2D eigenvalue weighted by Crippen LogP contribution is -1.94. The molecule has 0 unspecified atom stereocenters. The van der Waals surface area contributed by atoms with Gasteiger partial charge in [0.25, 0.3) is 0 Å². The van der Waals surface area contributed by atoms with E-state index in [2.05, 4.69) is 6.92 Å². The standard InChI is InChI=1S/C15H15ClO2/c1-2-11-5-3-4-6-14(11)18-15-9-13(16)8-7-12(15)10-17/h3-9,17H,2,10H2,1H3. The van der Waals surface area contributed by atoms with Crippen LogP contribution in [0.3, 0.4) is 0 Å². The Morgan fingerprint density at radius 1 is 1.06 bits per heavy atom. The SMILES string of the molecule is CCc1ccccc1Oc1cc(Cl)ccc1CO. The van der Waals surface area contributed by atoms with Gasteiger partial charge < -0.3 is 9.84 Å². The van der Waals surface area contributed by atoms with Crippen molar-refractivity contribution in [2.45, 2.75) is 20.0 Å². The summed E-state index contributed by atoms with van der Waals surface area (Å²) < 4.78 is 5.86. The Morgan fingerprint density at radius 2 is 1.83 bits per heavy atom. The zero-order chi connectivity index (χ0) is 13.0. The first-order valence-corrected chi connectivity index (χ1v) is 6.27. The molecule has 2 aromatic rings. The lowest BCUT2D eigenvalue weighted by Gasteiger charge is -2.12. The second-order valence-electron chi connectivity index (χ2n) is 3.97. The summed E-state index contributed by atoms with van der Waals surface area (Å²) in [6.07, 6.45) is 0.894. The Hall–Kier alpha value is -1.51. The smallest absolute Gasteiger partial charge is 0.134 e. The molecule has 0 saturated carbocycles. The molecule has 0 aliphatic rings. The zero-order valence-corrected chi connectivity index (χ0v) is 10.9. The van der Waals surface area contributed by atoms with Crippen LogP contribution in [0.2, 0.25) is 5.02 Å². The summed E-state index contributed by atoms with van der Waals surface area (Å²) in [6.45, 7) is 2.01. The van der Waals surface area contributed by atoms with Crippen LogP contribution in [0.5, 0.6) is 11.5 Å². The summed E-state index contributed by atoms with van der Waals surface area (Å²) >= 11 is 5.95. The quantitative estimate of drug-likeness (QED) is 0.895. The van der Waals surface area contributed by atoms with E-state index in [4.69, 9.17) is 16.3 Å². The van der Waals surface area contributed by atoms with E-state index < -0.39 is 0 Å². The van der Waals surface area contributed by atoms with E-state index in [-0.39, 0.29) is 6.61 Å². The number of benzene rings is 2. The van der Waals surface area contributed by atoms with Gasteiger partial charge in [0.15, 0.2) is 0 Å². The highest BCUT2D eigenvalue weighted by molar-refractivity contribution is 6.30. The second kappa shape index (κ2) is 5.89. The summed E-state index contributed by atoms with van der Waals surface area (Å²) in [7, 11) is 0. The van der Waals surface area contributed by atoms with Crippen molar-refractivity contribution >= 4 is 11.6 Å². The number of aliphatic hydroxyl groups excluding tert-OH is 1. The molecule has 0 bridgehead atoms. The topological polar surface area (TPSA) is 29.5 Å². The molecule has 0 fully saturated rings. The Morgan fingerprint density at radius 3 is 2.56 bits per heavy atom. The number of rotatable bonds is 4. The largest absolute Gasteiger partial charge is 0.457 e. The van der Waals surface area contributed by atoms with Crippen molar-refractivity contribution in [2.24, 2.45) is 0 Å². The molecule has 94 valence electrons. The Labute approximate surface area is 112 Å². The molecule has 0 aliphatic carbocycles. The Balaban J connectivity index is 2.36. The average Bonchev–Trinajstić information content (AvgIpc) is 2.40. The monoisotopic (exact) mass is 262 g/mol. The van der Waals surface area contributed by atoms with Crippen LogP contribution in [-0.2, 0) is 13.0 Å². The number of aliphatic hydroxyl groups is 1. The van der Waals surface area contributed by atoms with Gasteiger partial charge in [0.1, 0.15) is 11.5 Å². The van der Waals surface area contributed by atoms with Crippen molar-refractivity contribution in [1.82, 2.24) is 0 Å². The molecule has 0 aliphatic heterocycles. The fraction of sp³-hybridized carbons (Fsp3) is 0.200. The first-order valence-electron chi connectivity index (χ1n) is 5.89. The lowest BCUT2D eigenvalue weighted by atomic mass is 10.1. The predicted molar refractivity (Wildman–Crippen MR) is 73.3 cm³/mol. The average molecular weight is 263 g/mol. The van der Waals surface area contributed by atoms with Crippen molar-refractivity contribution in [3.63, 3.8) is 0 Å². The highest BCUT2D eigenvalue weighted by atomic mass is 35.5. The molecule has 0 spiro atoms. The van der Waals surface area contributed by atoms with Gasteiger partial charge in [-0.15, -0.1) is 0 Å². The summed E-state index contributed by atoms with van der Waals surface area (Å²) in [6, 6.07) is 13.1. The van der Waals surface area contributed by atoms with Gasteiger partial charge >= 0.3 is 0 Å². The fourth-order valence-electron chi connectivity index (χ4n) is 1.77. The van der Waals surface area contributed by atoms with Crippen molar-refractivity contribution in [3.8, 4) is 11.5 Å². The van der Waals surface area contributed by atoms with Gasteiger partial charge in [0.05, 0.1) is 6.61 Å². The Bertz CT molecular complexity index is 538. The number of para-hydroxylation sites is 1. The van der Waals surface area contributed by atoms with Crippen LogP contribution in [-0.4, -0.2) is 5.11 Å². The second-order valence-corrected chi connectivity index (χ2v) is 4.41. The van der Waals surface area contributed by atoms with Crippen molar-refractivity contribution in [1.29, 1.82) is 0 Å². The maximum atomic E-state index is 9.29. The summed E-state index contributed by atoms with van der Waals surface area (Å²) in [5.41, 5.74) is 1.85. The maximum absolute atomic E-state index is 9.29. The third-order valence-corrected chi connectivity index (χ3v) is 3.01. The van der Waals surface area contributed by atoms with Crippen LogP contribution in [0, 0.1) is 0 Å². The van der Waals surface area contributed by atoms with E-state index in [1.807, 2.05) is 24.3 Å². The molecule has 0 heterocycles. The molecule has 0 radical (unpaired) electrons. The minimum atomic E-state index is -0.0687. The first kappa shape index (κ1) is 12.9. The lowest BCUT2D eigenvalue weighted by molar-refractivity contribution is 0.276. The van der Waals surface area contributed by atoms with Crippen LogP contribution in [0.15, 0.2) is 42.5 Å². The van der Waals surface area contributed by atoms with E-state index in [1.165, 1.54) is 0 Å². The van der Waals surface area contributed by atoms with Gasteiger partial charge in [0, 0.05) is 10.6 Å². The Kier molecular flexibility index (Phi) is 4.24. The van der Waals surface area contributed by atoms with Gasteiger partial charge in [-0.2, -0.15) is 0 Å². The molecule has 2 rings (SSSR count). The zero-order valence-electron chi connectivity index (χ0n) is 10.2. The minimum Gasteiger partial charge on any atom is -0.457 e. The molecule has 3 heteroatoms. The number of halogens is 1. The first-order chi connectivity index (χ1) is 8.74. The highest BCUT2D eigenvalue weighted by Crippen LogP contribution is 2.30. The molecule has 0 atom stereocenters. The van der Waals surface area contributed by atoms with E-state index in [1.54, 1.807) is 18.2 Å². The molecule has 0 aromatic heterocycles. The van der Waals surface area contributed by atoms with Crippen molar-refractivity contribution in [3.05, 3.63) is 58.6 Å². The minimum absolute atomic E-state index is 0.0687. The molecule has 0 saturated heterocycles. The van der Waals surface area contributed by atoms with E-state index in [0.29, 0.717) is 10.8 Å². The van der Waals surface area contributed by atoms with E-state index in [9.17, 15) is 5.11 Å². The van der Waals surface area contributed by atoms with Gasteiger partial charge in [-0.3, -0.25) is 0 Å². The number of aryl methyl sites for hydroxylation is 1. The van der Waals surface area contributed by atoms with Crippen LogP contribution < -0.4 is 4.74 Å². The molecular formula is C15H15ClO2. The van der Waals surface area contributed by atoms with Gasteiger partial charge in [-0.25, -0.2) is 0 Å². The van der Waals surface area contributed by atoms with Crippen molar-refractivity contribution in [2.75, 3.05) is 0 Å². The molecule has 1 N–H and O–H groups in total. The summed E-state index contributed by atoms with van der Waals surface area (Å²) in [4.78, 5) is 0. The highest BCUT2D eigenvalue weighted by Gasteiger charge is 2.07. The van der Waals surface area contributed by atoms with E-state index >= 15 is 0 Å². The van der Waals surface area contributed by atoms with Crippen LogP contribution in [0.4, 0.5) is 0 Å². The molecule has 2 nitrogen and oxygen atoms in total. The van der Waals surface area contributed by atoms with Crippen LogP contribution >= 0.6 is 11.6 Å². The maximum Gasteiger partial charge on any atom is 0.134 e. The number of hydrogen-bond acceptors (Lipinski definition) is 2. The molecule has 0 amide bonds. The third kappa shape index (κ3) is 2.84. The summed E-state index contributed by atoms with van der Waals surface area (Å²) in [5.74, 6) is 1.41. The normalized spacial score (nSPS) is 10.4. The van der Waals surface area contributed by atoms with E-state index in [0.717, 1.165) is 23.3 Å². The fourth-order valence-corrected chi connectivity index (χ4v) is 1.93. The molecular weight excluding hydrogens is 248 g/mol. The number of ether oxygens (including phenoxy) is 1. The third-order valence-electron chi connectivity index (χ3n) is 2.77. The van der Waals surface area contributed by atoms with Crippen molar-refractivity contribution < 1.29 is 9.84 Å². The van der Waals surface area contributed by atoms with Gasteiger partial charge in [-0.1, -0.05) is 42.8 Å². The van der Waals surface area contributed by atoms with Crippen LogP contribution in [0.1, 0.15) is 18.1 Å². The predicted octanol–water partition coefficient (Wildman–Crippen LogP) is 4.19. The number of hydrogen-bond donors (Lipinski definition) is 1.